The van der Waals surface area contributed by atoms with Crippen molar-refractivity contribution < 1.29 is 19.8 Å². The molecule has 0 radical (unpaired) electrons. The van der Waals surface area contributed by atoms with Gasteiger partial charge in [-0.05, 0) is 82.8 Å². The van der Waals surface area contributed by atoms with Gasteiger partial charge in [0, 0.05) is 11.6 Å². The molecule has 0 aliphatic heterocycles. The number of carbonyl (C=O) groups is 2. The monoisotopic (exact) mass is 492 g/mol. The molecular weight excluding hydrogens is 452 g/mol. The van der Waals surface area contributed by atoms with Gasteiger partial charge in [-0.1, -0.05) is 67.5 Å². The van der Waals surface area contributed by atoms with Gasteiger partial charge < -0.3 is 15.5 Å². The largest absolute Gasteiger partial charge is 0.508 e. The molecule has 194 valence electrons. The second-order valence-corrected chi connectivity index (χ2v) is 10.4. The first-order chi connectivity index (χ1) is 16.8. The van der Waals surface area contributed by atoms with E-state index in [1.807, 2.05) is 19.1 Å². The topological polar surface area (TPSA) is 89.9 Å². The standard InChI is InChI=1S/C30H40N2O4/c1-21(16-17-26-23(3)13-10-18-29(26,4)5)11-8-12-22(2)19-27(34)31-30(28(35)36,32(6)7)24-14-9-15-25(33)20-24/h8-9,11-12,14-17,19-20,33H,10,13,18H2,1-7H3,(H,31,34)(H,35,36)/b12-8+,17-16+,21-11+,22-19+. The number of allylic oxidation sites excluding steroid dienone is 9. The summed E-state index contributed by atoms with van der Waals surface area (Å²) in [4.78, 5) is 26.5. The number of benzene rings is 1. The van der Waals surface area contributed by atoms with Crippen LogP contribution >= 0.6 is 0 Å². The summed E-state index contributed by atoms with van der Waals surface area (Å²) in [6, 6.07) is 5.87. The Morgan fingerprint density at radius 2 is 1.83 bits per heavy atom. The molecule has 1 aromatic carbocycles. The first-order valence-electron chi connectivity index (χ1n) is 12.2. The van der Waals surface area contributed by atoms with Gasteiger partial charge in [0.05, 0.1) is 0 Å². The average molecular weight is 493 g/mol. The molecule has 1 aliphatic carbocycles. The van der Waals surface area contributed by atoms with Gasteiger partial charge in [0.25, 0.3) is 0 Å². The summed E-state index contributed by atoms with van der Waals surface area (Å²) in [6.45, 7) is 10.6. The minimum Gasteiger partial charge on any atom is -0.508 e. The van der Waals surface area contributed by atoms with Crippen LogP contribution < -0.4 is 5.32 Å². The molecule has 1 amide bonds. The predicted octanol–water partition coefficient (Wildman–Crippen LogP) is 5.84. The summed E-state index contributed by atoms with van der Waals surface area (Å²) in [6.07, 6.45) is 14.9. The number of nitrogens with zero attached hydrogens (tertiary/aromatic N) is 1. The second-order valence-electron chi connectivity index (χ2n) is 10.4. The van der Waals surface area contributed by atoms with Crippen LogP contribution in [0, 0.1) is 5.41 Å². The van der Waals surface area contributed by atoms with E-state index in [4.69, 9.17) is 0 Å². The molecule has 0 saturated heterocycles. The second kappa shape index (κ2) is 12.0. The molecular formula is C30H40N2O4. The van der Waals surface area contributed by atoms with E-state index >= 15 is 0 Å². The van der Waals surface area contributed by atoms with Crippen molar-refractivity contribution in [1.82, 2.24) is 10.2 Å². The Bertz CT molecular complexity index is 1140. The Hall–Kier alpha value is -3.38. The van der Waals surface area contributed by atoms with Crippen molar-refractivity contribution in [2.75, 3.05) is 14.1 Å². The zero-order valence-electron chi connectivity index (χ0n) is 22.6. The van der Waals surface area contributed by atoms with Gasteiger partial charge in [-0.25, -0.2) is 4.79 Å². The van der Waals surface area contributed by atoms with Gasteiger partial charge >= 0.3 is 5.97 Å². The van der Waals surface area contributed by atoms with Crippen LogP contribution in [0.15, 0.2) is 83.0 Å². The van der Waals surface area contributed by atoms with Gasteiger partial charge in [0.15, 0.2) is 0 Å². The third kappa shape index (κ3) is 7.08. The van der Waals surface area contributed by atoms with Crippen LogP contribution in [0.1, 0.15) is 59.4 Å². The lowest BCUT2D eigenvalue weighted by atomic mass is 9.72. The fraction of sp³-hybridized carbons (Fsp3) is 0.400. The summed E-state index contributed by atoms with van der Waals surface area (Å²) >= 11 is 0. The van der Waals surface area contributed by atoms with Crippen LogP contribution in [0.3, 0.4) is 0 Å². The molecule has 36 heavy (non-hydrogen) atoms. The summed E-state index contributed by atoms with van der Waals surface area (Å²) in [5.74, 6) is -1.90. The molecule has 1 aromatic rings. The average Bonchev–Trinajstić information content (AvgIpc) is 2.76. The predicted molar refractivity (Wildman–Crippen MR) is 145 cm³/mol. The van der Waals surface area contributed by atoms with Crippen LogP contribution in [-0.4, -0.2) is 41.1 Å². The number of hydrogen-bond acceptors (Lipinski definition) is 4. The van der Waals surface area contributed by atoms with Crippen molar-refractivity contribution >= 4 is 11.9 Å². The van der Waals surface area contributed by atoms with E-state index in [0.717, 1.165) is 12.0 Å². The third-order valence-electron chi connectivity index (χ3n) is 6.68. The van der Waals surface area contributed by atoms with Crippen LogP contribution in [0.5, 0.6) is 5.75 Å². The highest BCUT2D eigenvalue weighted by atomic mass is 16.4. The highest BCUT2D eigenvalue weighted by Crippen LogP contribution is 2.40. The minimum absolute atomic E-state index is 0.0846. The van der Waals surface area contributed by atoms with E-state index in [1.54, 1.807) is 33.2 Å². The number of phenolic OH excluding ortho intramolecular Hbond substituents is 1. The highest BCUT2D eigenvalue weighted by Gasteiger charge is 2.44. The summed E-state index contributed by atoms with van der Waals surface area (Å²) < 4.78 is 0. The van der Waals surface area contributed by atoms with Crippen molar-refractivity contribution in [3.63, 3.8) is 0 Å². The van der Waals surface area contributed by atoms with Crippen molar-refractivity contribution in [2.45, 2.75) is 59.5 Å². The van der Waals surface area contributed by atoms with Crippen molar-refractivity contribution in [1.29, 1.82) is 0 Å². The molecule has 6 nitrogen and oxygen atoms in total. The number of nitrogens with one attached hydrogen (secondary N) is 1. The zero-order chi connectivity index (χ0) is 27.1. The van der Waals surface area contributed by atoms with E-state index in [0.29, 0.717) is 5.57 Å². The number of aliphatic carboxylic acids is 1. The number of phenols is 1. The molecule has 1 unspecified atom stereocenters. The zero-order valence-corrected chi connectivity index (χ0v) is 22.6. The first kappa shape index (κ1) is 28.9. The number of aromatic hydroxyl groups is 1. The normalized spacial score (nSPS) is 18.7. The van der Waals surface area contributed by atoms with E-state index in [2.05, 4.69) is 38.2 Å². The molecule has 2 rings (SSSR count). The Morgan fingerprint density at radius 3 is 2.42 bits per heavy atom. The molecule has 0 saturated carbocycles. The van der Waals surface area contributed by atoms with E-state index < -0.39 is 17.5 Å². The van der Waals surface area contributed by atoms with E-state index in [-0.39, 0.29) is 16.7 Å². The number of likely N-dealkylation sites (N-methyl/N-ethyl adjacent to an activating group) is 1. The maximum absolute atomic E-state index is 12.8. The molecule has 0 bridgehead atoms. The van der Waals surface area contributed by atoms with Gasteiger partial charge in [-0.3, -0.25) is 9.69 Å². The molecule has 6 heteroatoms. The molecule has 0 spiro atoms. The lowest BCUT2D eigenvalue weighted by Gasteiger charge is -2.36. The van der Waals surface area contributed by atoms with Gasteiger partial charge in [0.1, 0.15) is 5.75 Å². The number of carbonyl (C=O) groups excluding carboxylic acids is 1. The van der Waals surface area contributed by atoms with E-state index in [1.165, 1.54) is 53.2 Å². The van der Waals surface area contributed by atoms with Crippen molar-refractivity contribution in [3.8, 4) is 5.75 Å². The maximum Gasteiger partial charge on any atom is 0.349 e. The fourth-order valence-electron chi connectivity index (χ4n) is 4.64. The van der Waals surface area contributed by atoms with Crippen molar-refractivity contribution in [3.05, 3.63) is 88.6 Å². The third-order valence-corrected chi connectivity index (χ3v) is 6.68. The summed E-state index contributed by atoms with van der Waals surface area (Å²) in [5.41, 5.74) is 3.22. The molecule has 1 atom stereocenters. The quantitative estimate of drug-likeness (QED) is 0.229. The fourth-order valence-corrected chi connectivity index (χ4v) is 4.64. The lowest BCUT2D eigenvalue weighted by molar-refractivity contribution is -0.155. The van der Waals surface area contributed by atoms with Crippen LogP contribution in [0.25, 0.3) is 0 Å². The van der Waals surface area contributed by atoms with E-state index in [9.17, 15) is 19.8 Å². The maximum atomic E-state index is 12.8. The Labute approximate surface area is 215 Å². The Morgan fingerprint density at radius 1 is 1.14 bits per heavy atom. The summed E-state index contributed by atoms with van der Waals surface area (Å²) in [5, 5.41) is 22.5. The number of carboxylic acid groups (broad SMARTS) is 1. The van der Waals surface area contributed by atoms with Crippen LogP contribution in [-0.2, 0) is 15.3 Å². The van der Waals surface area contributed by atoms with Gasteiger partial charge in [-0.15, -0.1) is 0 Å². The Balaban J connectivity index is 2.17. The minimum atomic E-state index is -1.84. The first-order valence-corrected chi connectivity index (χ1v) is 12.2. The number of rotatable bonds is 9. The highest BCUT2D eigenvalue weighted by molar-refractivity contribution is 5.94. The lowest BCUT2D eigenvalue weighted by Crippen LogP contribution is -2.60. The number of carboxylic acids is 1. The van der Waals surface area contributed by atoms with Gasteiger partial charge in [0.2, 0.25) is 11.6 Å². The molecule has 0 aromatic heterocycles. The SMILES string of the molecule is CC1=C(/C=C/C(C)=C/C=C/C(C)=C/C(=O)NC(C(=O)O)(c2cccc(O)c2)N(C)C)C(C)(C)CCC1. The molecule has 0 fully saturated rings. The smallest absolute Gasteiger partial charge is 0.349 e. The van der Waals surface area contributed by atoms with Gasteiger partial charge in [-0.2, -0.15) is 0 Å². The number of hydrogen-bond donors (Lipinski definition) is 3. The van der Waals surface area contributed by atoms with Crippen molar-refractivity contribution in [2.24, 2.45) is 5.41 Å². The molecule has 3 N–H and O–H groups in total. The molecule has 0 heterocycles. The van der Waals surface area contributed by atoms with Crippen LogP contribution in [0.2, 0.25) is 0 Å². The van der Waals surface area contributed by atoms with Crippen LogP contribution in [0.4, 0.5) is 0 Å². The Kier molecular flexibility index (Phi) is 9.65. The summed E-state index contributed by atoms with van der Waals surface area (Å²) in [7, 11) is 3.12. The molecule has 1 aliphatic rings. The number of amides is 1.